The van der Waals surface area contributed by atoms with Crippen LogP contribution in [0.15, 0.2) is 51.8 Å². The van der Waals surface area contributed by atoms with Crippen LogP contribution in [0, 0.1) is 5.92 Å². The first-order valence-corrected chi connectivity index (χ1v) is 15.7. The smallest absolute Gasteiger partial charge is 0.244 e. The van der Waals surface area contributed by atoms with Crippen molar-refractivity contribution in [2.45, 2.75) is 44.0 Å². The number of rotatable bonds is 6. The van der Waals surface area contributed by atoms with Crippen molar-refractivity contribution >= 4 is 43.5 Å². The van der Waals surface area contributed by atoms with Crippen molar-refractivity contribution < 1.29 is 18.0 Å². The Balaban J connectivity index is 1.25. The third kappa shape index (κ3) is 5.54. The quantitative estimate of drug-likeness (QED) is 0.505. The van der Waals surface area contributed by atoms with E-state index in [0.29, 0.717) is 62.0 Å². The highest BCUT2D eigenvalue weighted by Gasteiger charge is 2.37. The van der Waals surface area contributed by atoms with Crippen molar-refractivity contribution in [2.75, 3.05) is 50.7 Å². The van der Waals surface area contributed by atoms with Crippen LogP contribution in [0.25, 0.3) is 0 Å². The molecule has 8 nitrogen and oxygen atoms in total. The third-order valence-corrected chi connectivity index (χ3v) is 10.7. The van der Waals surface area contributed by atoms with E-state index in [4.69, 9.17) is 0 Å². The van der Waals surface area contributed by atoms with E-state index in [9.17, 15) is 18.0 Å². The summed E-state index contributed by atoms with van der Waals surface area (Å²) in [5, 5.41) is 0. The molecule has 38 heavy (non-hydrogen) atoms. The fourth-order valence-electron chi connectivity index (χ4n) is 5.76. The maximum absolute atomic E-state index is 13.8. The van der Waals surface area contributed by atoms with Gasteiger partial charge in [-0.3, -0.25) is 14.5 Å². The maximum Gasteiger partial charge on any atom is 0.244 e. The number of nitrogens with zero attached hydrogens (tertiary/aromatic N) is 4. The van der Waals surface area contributed by atoms with E-state index >= 15 is 0 Å². The molecule has 0 N–H and O–H groups in total. The van der Waals surface area contributed by atoms with Gasteiger partial charge in [-0.25, -0.2) is 8.42 Å². The predicted octanol–water partition coefficient (Wildman–Crippen LogP) is 3.49. The molecule has 0 aromatic heterocycles. The fraction of sp³-hybridized carbons (Fsp3) is 0.500. The number of fused-ring (bicyclic) bond motifs is 1. The fourth-order valence-corrected chi connectivity index (χ4v) is 8.36. The monoisotopic (exact) mass is 602 g/mol. The molecule has 3 aliphatic rings. The number of hydrogen-bond donors (Lipinski definition) is 0. The Morgan fingerprint density at radius 3 is 2.45 bits per heavy atom. The van der Waals surface area contributed by atoms with Crippen molar-refractivity contribution in [3.63, 3.8) is 0 Å². The molecular weight excluding hydrogens is 568 g/mol. The van der Waals surface area contributed by atoms with Gasteiger partial charge in [0.1, 0.15) is 0 Å². The Bertz CT molecular complexity index is 1300. The number of halogens is 1. The van der Waals surface area contributed by atoms with Crippen LogP contribution >= 0.6 is 15.9 Å². The summed E-state index contributed by atoms with van der Waals surface area (Å²) in [5.41, 5.74) is 2.91. The summed E-state index contributed by atoms with van der Waals surface area (Å²) in [6.07, 6.45) is 2.42. The first-order valence-electron chi connectivity index (χ1n) is 13.5. The van der Waals surface area contributed by atoms with E-state index in [-0.39, 0.29) is 29.2 Å². The van der Waals surface area contributed by atoms with E-state index in [1.165, 1.54) is 9.87 Å². The first kappa shape index (κ1) is 27.3. The average Bonchev–Trinajstić information content (AvgIpc) is 3.35. The van der Waals surface area contributed by atoms with Gasteiger partial charge in [0.2, 0.25) is 21.8 Å². The lowest BCUT2D eigenvalue weighted by Crippen LogP contribution is -2.52. The van der Waals surface area contributed by atoms with Gasteiger partial charge in [0.05, 0.1) is 10.8 Å². The van der Waals surface area contributed by atoms with Crippen LogP contribution < -0.4 is 4.90 Å². The lowest BCUT2D eigenvalue weighted by molar-refractivity contribution is -0.138. The van der Waals surface area contributed by atoms with Gasteiger partial charge in [0.25, 0.3) is 0 Å². The Morgan fingerprint density at radius 2 is 1.74 bits per heavy atom. The molecule has 2 amide bonds. The van der Waals surface area contributed by atoms with Crippen LogP contribution in [0.5, 0.6) is 0 Å². The molecule has 3 aliphatic heterocycles. The van der Waals surface area contributed by atoms with E-state index in [0.717, 1.165) is 25.2 Å². The second kappa shape index (κ2) is 11.5. The Labute approximate surface area is 233 Å². The van der Waals surface area contributed by atoms with Crippen molar-refractivity contribution in [3.8, 4) is 0 Å². The van der Waals surface area contributed by atoms with Crippen LogP contribution in [0.1, 0.15) is 37.3 Å². The molecule has 3 heterocycles. The minimum Gasteiger partial charge on any atom is -0.340 e. The topological polar surface area (TPSA) is 81.2 Å². The molecule has 5 rings (SSSR count). The first-order chi connectivity index (χ1) is 18.3. The Hall–Kier alpha value is -2.27. The number of piperazine rings is 1. The van der Waals surface area contributed by atoms with Crippen LogP contribution in [-0.4, -0.2) is 80.2 Å². The molecule has 2 saturated heterocycles. The summed E-state index contributed by atoms with van der Waals surface area (Å²) in [4.78, 5) is 31.9. The minimum absolute atomic E-state index is 0.0121. The number of anilines is 1. The van der Waals surface area contributed by atoms with E-state index < -0.39 is 10.0 Å². The highest BCUT2D eigenvalue weighted by molar-refractivity contribution is 9.10. The number of sulfonamides is 1. The summed E-state index contributed by atoms with van der Waals surface area (Å²) >= 11 is 3.47. The number of hydrogen-bond acceptors (Lipinski definition) is 5. The van der Waals surface area contributed by atoms with E-state index in [1.54, 1.807) is 11.0 Å². The molecule has 204 valence electrons. The van der Waals surface area contributed by atoms with Crippen molar-refractivity contribution in [2.24, 2.45) is 5.92 Å². The normalized spacial score (nSPS) is 20.9. The number of carbonyl (C=O) groups is 2. The number of amides is 2. The van der Waals surface area contributed by atoms with Crippen molar-refractivity contribution in [3.05, 3.63) is 58.1 Å². The van der Waals surface area contributed by atoms with Gasteiger partial charge >= 0.3 is 0 Å². The molecule has 2 fully saturated rings. The number of carbonyl (C=O) groups excluding carboxylic acids is 2. The summed E-state index contributed by atoms with van der Waals surface area (Å²) < 4.78 is 29.5. The van der Waals surface area contributed by atoms with Gasteiger partial charge in [0.15, 0.2) is 0 Å². The standard InChI is InChI=1S/C28H35BrN4O4S/c1-2-27(34)33-12-10-22-17-24(29)26(18-25(22)33)38(36,37)32-11-6-9-23(20-32)28(35)31-15-13-30(14-16-31)19-21-7-4-3-5-8-21/h3-5,7-8,17-18,23H,2,6,9-16,19-20H2,1H3/t23-/m0/s1. The average molecular weight is 604 g/mol. The Kier molecular flexibility index (Phi) is 8.23. The molecule has 2 aromatic rings. The molecule has 0 saturated carbocycles. The highest BCUT2D eigenvalue weighted by Crippen LogP contribution is 2.37. The van der Waals surface area contributed by atoms with Crippen LogP contribution in [-0.2, 0) is 32.6 Å². The highest BCUT2D eigenvalue weighted by atomic mass is 79.9. The molecular formula is C28H35BrN4O4S. The predicted molar refractivity (Wildman–Crippen MR) is 150 cm³/mol. The number of piperidine rings is 1. The Morgan fingerprint density at radius 1 is 1.00 bits per heavy atom. The van der Waals surface area contributed by atoms with Crippen LogP contribution in [0.2, 0.25) is 0 Å². The molecule has 0 aliphatic carbocycles. The van der Waals surface area contributed by atoms with Gasteiger partial charge in [-0.15, -0.1) is 0 Å². The zero-order valence-corrected chi connectivity index (χ0v) is 24.2. The second-order valence-corrected chi connectivity index (χ2v) is 13.1. The SMILES string of the molecule is CCC(=O)N1CCc2cc(Br)c(S(=O)(=O)N3CCC[C@H](C(=O)N4CCN(Cc5ccccc5)CC4)C3)cc21. The lowest BCUT2D eigenvalue weighted by Gasteiger charge is -2.38. The zero-order valence-electron chi connectivity index (χ0n) is 21.8. The van der Waals surface area contributed by atoms with E-state index in [1.807, 2.05) is 36.1 Å². The van der Waals surface area contributed by atoms with E-state index in [2.05, 4.69) is 33.0 Å². The molecule has 1 atom stereocenters. The second-order valence-electron chi connectivity index (χ2n) is 10.3. The molecule has 10 heteroatoms. The largest absolute Gasteiger partial charge is 0.340 e. The zero-order chi connectivity index (χ0) is 26.9. The summed E-state index contributed by atoms with van der Waals surface area (Å²) in [6.45, 7) is 6.76. The maximum atomic E-state index is 13.8. The molecule has 0 radical (unpaired) electrons. The van der Waals surface area contributed by atoms with Crippen LogP contribution in [0.4, 0.5) is 5.69 Å². The van der Waals surface area contributed by atoms with Gasteiger partial charge < -0.3 is 9.80 Å². The molecule has 0 unspecified atom stereocenters. The molecule has 0 spiro atoms. The van der Waals surface area contributed by atoms with Gasteiger partial charge in [-0.2, -0.15) is 4.31 Å². The van der Waals surface area contributed by atoms with Crippen molar-refractivity contribution in [1.29, 1.82) is 0 Å². The van der Waals surface area contributed by atoms with Gasteiger partial charge in [-0.05, 0) is 58.5 Å². The van der Waals surface area contributed by atoms with Crippen LogP contribution in [0.3, 0.4) is 0 Å². The van der Waals surface area contributed by atoms with Crippen molar-refractivity contribution in [1.82, 2.24) is 14.1 Å². The summed E-state index contributed by atoms with van der Waals surface area (Å²) in [6, 6.07) is 13.8. The minimum atomic E-state index is -3.84. The van der Waals surface area contributed by atoms with Gasteiger partial charge in [-0.1, -0.05) is 37.3 Å². The summed E-state index contributed by atoms with van der Waals surface area (Å²) in [7, 11) is -3.84. The number of benzene rings is 2. The van der Waals surface area contributed by atoms with Gasteiger partial charge in [0, 0.05) is 68.9 Å². The molecule has 2 aromatic carbocycles. The lowest BCUT2D eigenvalue weighted by atomic mass is 9.97. The summed E-state index contributed by atoms with van der Waals surface area (Å²) in [5.74, 6) is -0.301. The molecule has 0 bridgehead atoms. The third-order valence-electron chi connectivity index (χ3n) is 7.92.